The summed E-state index contributed by atoms with van der Waals surface area (Å²) >= 11 is 9.60. The van der Waals surface area contributed by atoms with Gasteiger partial charge in [-0.05, 0) is 36.0 Å². The molecule has 0 nitrogen and oxygen atoms in total. The van der Waals surface area contributed by atoms with Gasteiger partial charge in [-0.1, -0.05) is 59.9 Å². The van der Waals surface area contributed by atoms with Gasteiger partial charge in [0.2, 0.25) is 0 Å². The van der Waals surface area contributed by atoms with Crippen molar-refractivity contribution < 1.29 is 0 Å². The first-order valence-corrected chi connectivity index (χ1v) is 6.90. The van der Waals surface area contributed by atoms with Crippen LogP contribution in [0.3, 0.4) is 0 Å². The summed E-state index contributed by atoms with van der Waals surface area (Å²) in [6.45, 7) is 4.56. The summed E-state index contributed by atoms with van der Waals surface area (Å²) in [6.07, 6.45) is 3.56. The summed E-state index contributed by atoms with van der Waals surface area (Å²) in [6, 6.07) is 8.18. The summed E-state index contributed by atoms with van der Waals surface area (Å²) in [7, 11) is 0. The highest BCUT2D eigenvalue weighted by molar-refractivity contribution is 9.09. The summed E-state index contributed by atoms with van der Waals surface area (Å²) in [4.78, 5) is 0. The molecular weight excluding hydrogens is 271 g/mol. The molecular formula is C13H18BrCl. The molecule has 0 amide bonds. The van der Waals surface area contributed by atoms with Crippen molar-refractivity contribution in [2.75, 3.05) is 5.33 Å². The van der Waals surface area contributed by atoms with Crippen molar-refractivity contribution in [2.45, 2.75) is 33.1 Å². The largest absolute Gasteiger partial charge is 0.0922 e. The molecule has 0 spiro atoms. The van der Waals surface area contributed by atoms with Gasteiger partial charge in [0.05, 0.1) is 0 Å². The second-order valence-electron chi connectivity index (χ2n) is 4.50. The minimum atomic E-state index is 0.347. The molecule has 0 aliphatic carbocycles. The fourth-order valence-electron chi connectivity index (χ4n) is 1.95. The molecule has 0 fully saturated rings. The second-order valence-corrected chi connectivity index (χ2v) is 5.50. The molecule has 0 bridgehead atoms. The van der Waals surface area contributed by atoms with Gasteiger partial charge in [0.1, 0.15) is 0 Å². The van der Waals surface area contributed by atoms with Crippen LogP contribution in [0.15, 0.2) is 24.3 Å². The van der Waals surface area contributed by atoms with Gasteiger partial charge in [0, 0.05) is 10.4 Å². The molecule has 1 atom stereocenters. The first kappa shape index (κ1) is 13.1. The lowest BCUT2D eigenvalue weighted by molar-refractivity contribution is 0.340. The predicted molar refractivity (Wildman–Crippen MR) is 72.0 cm³/mol. The van der Waals surface area contributed by atoms with Crippen LogP contribution in [-0.4, -0.2) is 5.33 Å². The van der Waals surface area contributed by atoms with Crippen LogP contribution in [0.2, 0.25) is 5.02 Å². The molecule has 0 heterocycles. The third-order valence-electron chi connectivity index (χ3n) is 2.70. The molecule has 0 saturated heterocycles. The average Bonchev–Trinajstić information content (AvgIpc) is 2.18. The van der Waals surface area contributed by atoms with Gasteiger partial charge in [-0.2, -0.15) is 0 Å². The molecule has 0 aromatic heterocycles. The Kier molecular flexibility index (Phi) is 5.14. The quantitative estimate of drug-likeness (QED) is 0.663. The first-order chi connectivity index (χ1) is 7.09. The zero-order valence-corrected chi connectivity index (χ0v) is 11.7. The van der Waals surface area contributed by atoms with Gasteiger partial charge in [0.15, 0.2) is 0 Å². The molecule has 1 aromatic carbocycles. The smallest absolute Gasteiger partial charge is 0.0408 e. The maximum absolute atomic E-state index is 5.98. The van der Waals surface area contributed by atoms with Gasteiger partial charge in [-0.25, -0.2) is 0 Å². The maximum Gasteiger partial charge on any atom is 0.0408 e. The fraction of sp³-hybridized carbons (Fsp3) is 0.538. The predicted octanol–water partition coefficient (Wildman–Crippen LogP) is 5.08. The molecule has 1 rings (SSSR count). The molecule has 0 aliphatic heterocycles. The van der Waals surface area contributed by atoms with E-state index in [0.717, 1.165) is 16.8 Å². The highest BCUT2D eigenvalue weighted by Gasteiger charge is 2.22. The Bertz CT molecular complexity index is 311. The lowest BCUT2D eigenvalue weighted by Gasteiger charge is -2.27. The van der Waals surface area contributed by atoms with E-state index in [2.05, 4.69) is 41.9 Å². The third-order valence-corrected chi connectivity index (χ3v) is 4.28. The number of hydrogen-bond acceptors (Lipinski definition) is 0. The molecule has 84 valence electrons. The van der Waals surface area contributed by atoms with Gasteiger partial charge in [-0.3, -0.25) is 0 Å². The van der Waals surface area contributed by atoms with Crippen LogP contribution in [0.1, 0.15) is 32.3 Å². The molecule has 0 radical (unpaired) electrons. The van der Waals surface area contributed by atoms with E-state index in [1.807, 2.05) is 12.1 Å². The van der Waals surface area contributed by atoms with Crippen LogP contribution in [-0.2, 0) is 6.42 Å². The third kappa shape index (κ3) is 4.16. The second kappa shape index (κ2) is 5.91. The minimum Gasteiger partial charge on any atom is -0.0922 e. The topological polar surface area (TPSA) is 0 Å². The zero-order chi connectivity index (χ0) is 11.3. The van der Waals surface area contributed by atoms with E-state index in [0.29, 0.717) is 5.41 Å². The number of rotatable bonds is 5. The maximum atomic E-state index is 5.98. The van der Waals surface area contributed by atoms with Crippen molar-refractivity contribution in [2.24, 2.45) is 5.41 Å². The number of benzene rings is 1. The van der Waals surface area contributed by atoms with Crippen molar-refractivity contribution in [1.29, 1.82) is 0 Å². The molecule has 0 saturated carbocycles. The molecule has 1 aromatic rings. The minimum absolute atomic E-state index is 0.347. The van der Waals surface area contributed by atoms with Crippen molar-refractivity contribution in [3.63, 3.8) is 0 Å². The van der Waals surface area contributed by atoms with Crippen LogP contribution in [0.5, 0.6) is 0 Å². The normalized spacial score (nSPS) is 14.9. The Morgan fingerprint density at radius 1 is 1.40 bits per heavy atom. The summed E-state index contributed by atoms with van der Waals surface area (Å²) < 4.78 is 0. The highest BCUT2D eigenvalue weighted by Crippen LogP contribution is 2.30. The van der Waals surface area contributed by atoms with E-state index in [1.165, 1.54) is 18.4 Å². The molecule has 0 aliphatic rings. The summed E-state index contributed by atoms with van der Waals surface area (Å²) in [5.74, 6) is 0. The SMILES string of the molecule is CCCC(C)(CBr)Cc1cccc(Cl)c1. The van der Waals surface area contributed by atoms with Crippen LogP contribution < -0.4 is 0 Å². The van der Waals surface area contributed by atoms with Crippen LogP contribution in [0.4, 0.5) is 0 Å². The van der Waals surface area contributed by atoms with E-state index in [1.54, 1.807) is 0 Å². The van der Waals surface area contributed by atoms with Crippen LogP contribution in [0.25, 0.3) is 0 Å². The van der Waals surface area contributed by atoms with E-state index in [4.69, 9.17) is 11.6 Å². The van der Waals surface area contributed by atoms with Gasteiger partial charge in [-0.15, -0.1) is 0 Å². The molecule has 1 unspecified atom stereocenters. The van der Waals surface area contributed by atoms with Crippen molar-refractivity contribution in [3.8, 4) is 0 Å². The Hall–Kier alpha value is -0.0100. The molecule has 0 N–H and O–H groups in total. The number of hydrogen-bond donors (Lipinski definition) is 0. The average molecular weight is 290 g/mol. The Morgan fingerprint density at radius 3 is 2.67 bits per heavy atom. The fourth-order valence-corrected chi connectivity index (χ4v) is 2.64. The number of alkyl halides is 1. The summed E-state index contributed by atoms with van der Waals surface area (Å²) in [5.41, 5.74) is 1.68. The van der Waals surface area contributed by atoms with E-state index in [9.17, 15) is 0 Å². The van der Waals surface area contributed by atoms with Crippen LogP contribution in [0, 0.1) is 5.41 Å². The van der Waals surface area contributed by atoms with Gasteiger partial charge < -0.3 is 0 Å². The molecule has 15 heavy (non-hydrogen) atoms. The first-order valence-electron chi connectivity index (χ1n) is 5.40. The highest BCUT2D eigenvalue weighted by atomic mass is 79.9. The van der Waals surface area contributed by atoms with E-state index >= 15 is 0 Å². The van der Waals surface area contributed by atoms with Crippen LogP contribution >= 0.6 is 27.5 Å². The summed E-state index contributed by atoms with van der Waals surface area (Å²) in [5, 5.41) is 1.88. The van der Waals surface area contributed by atoms with Gasteiger partial charge in [0.25, 0.3) is 0 Å². The lowest BCUT2D eigenvalue weighted by atomic mass is 9.82. The van der Waals surface area contributed by atoms with Crippen molar-refractivity contribution in [1.82, 2.24) is 0 Å². The Morgan fingerprint density at radius 2 is 2.13 bits per heavy atom. The number of halogens is 2. The lowest BCUT2D eigenvalue weighted by Crippen LogP contribution is -2.21. The Balaban J connectivity index is 2.74. The van der Waals surface area contributed by atoms with Gasteiger partial charge >= 0.3 is 0 Å². The van der Waals surface area contributed by atoms with Crippen molar-refractivity contribution in [3.05, 3.63) is 34.9 Å². The standard InChI is InChI=1S/C13H18BrCl/c1-3-7-13(2,10-14)9-11-5-4-6-12(15)8-11/h4-6,8H,3,7,9-10H2,1-2H3. The molecule has 2 heteroatoms. The zero-order valence-electron chi connectivity index (χ0n) is 9.39. The van der Waals surface area contributed by atoms with E-state index < -0.39 is 0 Å². The monoisotopic (exact) mass is 288 g/mol. The van der Waals surface area contributed by atoms with Crippen molar-refractivity contribution >= 4 is 27.5 Å². The van der Waals surface area contributed by atoms with E-state index in [-0.39, 0.29) is 0 Å². The Labute approximate surface area is 106 Å².